The van der Waals surface area contributed by atoms with E-state index in [9.17, 15) is 17.6 Å². The van der Waals surface area contributed by atoms with Crippen LogP contribution in [0.15, 0.2) is 36.4 Å². The topological polar surface area (TPSA) is 38.9 Å². The van der Waals surface area contributed by atoms with E-state index in [0.29, 0.717) is 15.3 Å². The first-order valence-corrected chi connectivity index (χ1v) is 6.69. The number of nitrogen functional groups attached to an aromatic ring is 1. The third kappa shape index (κ3) is 2.56. The van der Waals surface area contributed by atoms with Crippen LogP contribution in [0.2, 0.25) is 0 Å². The van der Waals surface area contributed by atoms with Crippen LogP contribution in [0, 0.1) is 5.82 Å². The lowest BCUT2D eigenvalue weighted by atomic mass is 10.2. The average Bonchev–Trinajstić information content (AvgIpc) is 2.79. The number of rotatable bonds is 1. The first-order chi connectivity index (χ1) is 9.84. The van der Waals surface area contributed by atoms with Gasteiger partial charge in [-0.2, -0.15) is 13.2 Å². The van der Waals surface area contributed by atoms with E-state index in [0.717, 1.165) is 18.2 Å². The molecule has 3 rings (SSSR count). The summed E-state index contributed by atoms with van der Waals surface area (Å²) in [6, 6.07) is 7.24. The molecule has 2 aromatic carbocycles. The molecule has 0 radical (unpaired) electrons. The maximum Gasteiger partial charge on any atom is 0.416 e. The lowest BCUT2D eigenvalue weighted by molar-refractivity contribution is -0.137. The van der Waals surface area contributed by atoms with Crippen molar-refractivity contribution in [1.82, 2.24) is 4.98 Å². The summed E-state index contributed by atoms with van der Waals surface area (Å²) in [7, 11) is 0. The third-order valence-electron chi connectivity index (χ3n) is 2.96. The summed E-state index contributed by atoms with van der Waals surface area (Å²) in [5, 5.41) is 0.460. The molecule has 108 valence electrons. The van der Waals surface area contributed by atoms with Crippen LogP contribution in [0.1, 0.15) is 5.56 Å². The molecule has 0 atom stereocenters. The van der Waals surface area contributed by atoms with Crippen LogP contribution >= 0.6 is 11.3 Å². The maximum absolute atomic E-state index is 13.0. The second-order valence-corrected chi connectivity index (χ2v) is 5.46. The molecule has 0 bridgehead atoms. The molecule has 0 aliphatic rings. The highest BCUT2D eigenvalue weighted by molar-refractivity contribution is 7.21. The summed E-state index contributed by atoms with van der Waals surface area (Å²) in [4.78, 5) is 4.16. The Kier molecular flexibility index (Phi) is 3.09. The van der Waals surface area contributed by atoms with Crippen LogP contribution < -0.4 is 5.73 Å². The Morgan fingerprint density at radius 3 is 2.48 bits per heavy atom. The van der Waals surface area contributed by atoms with E-state index in [1.165, 1.54) is 29.5 Å². The van der Waals surface area contributed by atoms with Crippen LogP contribution in [0.4, 0.5) is 23.2 Å². The fourth-order valence-corrected chi connectivity index (χ4v) is 2.94. The third-order valence-corrected chi connectivity index (χ3v) is 4.03. The number of hydrogen-bond acceptors (Lipinski definition) is 3. The van der Waals surface area contributed by atoms with Crippen molar-refractivity contribution in [2.45, 2.75) is 6.18 Å². The van der Waals surface area contributed by atoms with Crippen LogP contribution in [-0.2, 0) is 6.18 Å². The number of hydrogen-bond donors (Lipinski definition) is 1. The van der Waals surface area contributed by atoms with E-state index in [1.807, 2.05) is 0 Å². The number of halogens is 4. The molecule has 0 fully saturated rings. The van der Waals surface area contributed by atoms with E-state index in [2.05, 4.69) is 4.98 Å². The van der Waals surface area contributed by atoms with Gasteiger partial charge in [-0.05, 0) is 36.4 Å². The van der Waals surface area contributed by atoms with Crippen molar-refractivity contribution in [3.63, 3.8) is 0 Å². The highest BCUT2D eigenvalue weighted by Crippen LogP contribution is 2.36. The average molecular weight is 312 g/mol. The minimum absolute atomic E-state index is 0.199. The van der Waals surface area contributed by atoms with Gasteiger partial charge in [-0.15, -0.1) is 11.3 Å². The van der Waals surface area contributed by atoms with Crippen molar-refractivity contribution in [1.29, 1.82) is 0 Å². The molecule has 2 N–H and O–H groups in total. The van der Waals surface area contributed by atoms with Gasteiger partial charge in [0.25, 0.3) is 0 Å². The minimum Gasteiger partial charge on any atom is -0.398 e. The van der Waals surface area contributed by atoms with Crippen molar-refractivity contribution in [3.8, 4) is 10.6 Å². The van der Waals surface area contributed by atoms with Gasteiger partial charge in [-0.3, -0.25) is 0 Å². The maximum atomic E-state index is 13.0. The number of nitrogens with zero attached hydrogens (tertiary/aromatic N) is 1. The Labute approximate surface area is 120 Å². The molecular weight excluding hydrogens is 304 g/mol. The number of fused-ring (bicyclic) bond motifs is 1. The fraction of sp³-hybridized carbons (Fsp3) is 0.0714. The van der Waals surface area contributed by atoms with Crippen molar-refractivity contribution >= 4 is 27.2 Å². The molecule has 3 aromatic rings. The van der Waals surface area contributed by atoms with E-state index in [-0.39, 0.29) is 11.2 Å². The second kappa shape index (κ2) is 4.70. The highest BCUT2D eigenvalue weighted by Gasteiger charge is 2.30. The van der Waals surface area contributed by atoms with Crippen molar-refractivity contribution in [2.75, 3.05) is 5.73 Å². The summed E-state index contributed by atoms with van der Waals surface area (Å²) >= 11 is 1.21. The summed E-state index contributed by atoms with van der Waals surface area (Å²) in [6.07, 6.45) is -4.41. The standard InChI is InChI=1S/C14H8F4N2S/c15-8-2-3-9(10(19)6-8)13-20-11-5-7(14(16,17)18)1-4-12(11)21-13/h1-6H,19H2. The Hall–Kier alpha value is -2.15. The van der Waals surface area contributed by atoms with Crippen LogP contribution in [0.3, 0.4) is 0 Å². The lowest BCUT2D eigenvalue weighted by Crippen LogP contribution is -2.03. The van der Waals surface area contributed by atoms with E-state index >= 15 is 0 Å². The van der Waals surface area contributed by atoms with Gasteiger partial charge in [0.1, 0.15) is 10.8 Å². The number of benzene rings is 2. The van der Waals surface area contributed by atoms with Gasteiger partial charge in [0, 0.05) is 11.3 Å². The van der Waals surface area contributed by atoms with Crippen molar-refractivity contribution < 1.29 is 17.6 Å². The van der Waals surface area contributed by atoms with E-state index in [1.54, 1.807) is 0 Å². The zero-order valence-electron chi connectivity index (χ0n) is 10.4. The molecule has 1 aromatic heterocycles. The Balaban J connectivity index is 2.13. The zero-order valence-corrected chi connectivity index (χ0v) is 11.2. The van der Waals surface area contributed by atoms with Crippen LogP contribution in [-0.4, -0.2) is 4.98 Å². The molecule has 1 heterocycles. The predicted octanol–water partition coefficient (Wildman–Crippen LogP) is 4.70. The van der Waals surface area contributed by atoms with Gasteiger partial charge < -0.3 is 5.73 Å². The fourth-order valence-electron chi connectivity index (χ4n) is 1.95. The van der Waals surface area contributed by atoms with Crippen LogP contribution in [0.5, 0.6) is 0 Å². The van der Waals surface area contributed by atoms with Crippen molar-refractivity contribution in [3.05, 3.63) is 47.8 Å². The SMILES string of the molecule is Nc1cc(F)ccc1-c1nc2cc(C(F)(F)F)ccc2s1. The van der Waals surface area contributed by atoms with Gasteiger partial charge in [-0.25, -0.2) is 9.37 Å². The highest BCUT2D eigenvalue weighted by atomic mass is 32.1. The summed E-state index contributed by atoms with van der Waals surface area (Å²) in [5.41, 5.74) is 5.92. The molecule has 2 nitrogen and oxygen atoms in total. The molecular formula is C14H8F4N2S. The predicted molar refractivity (Wildman–Crippen MR) is 74.4 cm³/mol. The second-order valence-electron chi connectivity index (χ2n) is 4.43. The molecule has 21 heavy (non-hydrogen) atoms. The zero-order chi connectivity index (χ0) is 15.2. The lowest BCUT2D eigenvalue weighted by Gasteiger charge is -2.04. The van der Waals surface area contributed by atoms with E-state index < -0.39 is 17.6 Å². The molecule has 0 saturated carbocycles. The number of alkyl halides is 3. The molecule has 0 aliphatic carbocycles. The largest absolute Gasteiger partial charge is 0.416 e. The van der Waals surface area contributed by atoms with E-state index in [4.69, 9.17) is 5.73 Å². The first-order valence-electron chi connectivity index (χ1n) is 5.88. The molecule has 0 spiro atoms. The first kappa shape index (κ1) is 13.8. The van der Waals surface area contributed by atoms with Gasteiger partial charge in [0.2, 0.25) is 0 Å². The molecule has 0 saturated heterocycles. The monoisotopic (exact) mass is 312 g/mol. The summed E-state index contributed by atoms with van der Waals surface area (Å²) in [6.45, 7) is 0. The van der Waals surface area contributed by atoms with Crippen molar-refractivity contribution in [2.24, 2.45) is 0 Å². The molecule has 0 unspecified atom stereocenters. The molecule has 0 aliphatic heterocycles. The van der Waals surface area contributed by atoms with Gasteiger partial charge in [-0.1, -0.05) is 0 Å². The normalized spacial score (nSPS) is 12.0. The minimum atomic E-state index is -4.41. The Morgan fingerprint density at radius 1 is 1.05 bits per heavy atom. The smallest absolute Gasteiger partial charge is 0.398 e. The van der Waals surface area contributed by atoms with Gasteiger partial charge in [0.05, 0.1) is 15.8 Å². The number of nitrogens with two attached hydrogens (primary N) is 1. The summed E-state index contributed by atoms with van der Waals surface area (Å²) in [5.74, 6) is -0.475. The van der Waals surface area contributed by atoms with Gasteiger partial charge in [0.15, 0.2) is 0 Å². The Bertz CT molecular complexity index is 823. The Morgan fingerprint density at radius 2 is 1.81 bits per heavy atom. The van der Waals surface area contributed by atoms with Gasteiger partial charge >= 0.3 is 6.18 Å². The number of thiazole rings is 1. The molecule has 7 heteroatoms. The van der Waals surface area contributed by atoms with Crippen LogP contribution in [0.25, 0.3) is 20.8 Å². The summed E-state index contributed by atoms with van der Waals surface area (Å²) < 4.78 is 51.6. The number of aromatic nitrogens is 1. The number of anilines is 1. The molecule has 0 amide bonds. The quantitative estimate of drug-likeness (QED) is 0.522.